The summed E-state index contributed by atoms with van der Waals surface area (Å²) in [5.41, 5.74) is 8.12. The number of hydrogen-bond acceptors (Lipinski definition) is 1. The summed E-state index contributed by atoms with van der Waals surface area (Å²) in [6.07, 6.45) is 0.954. The van der Waals surface area contributed by atoms with E-state index in [2.05, 4.69) is 13.8 Å². The Kier molecular flexibility index (Phi) is 4.68. The van der Waals surface area contributed by atoms with Crippen molar-refractivity contribution in [2.75, 3.05) is 0 Å². The Labute approximate surface area is 122 Å². The Hall–Kier alpha value is -1.81. The minimum absolute atomic E-state index is 0.211. The van der Waals surface area contributed by atoms with E-state index < -0.39 is 23.5 Å². The second-order valence-electron chi connectivity index (χ2n) is 5.62. The molecule has 1 unspecified atom stereocenters. The van der Waals surface area contributed by atoms with Gasteiger partial charge in [0, 0.05) is 0 Å². The number of benzene rings is 2. The van der Waals surface area contributed by atoms with Crippen molar-refractivity contribution in [3.8, 4) is 0 Å². The van der Waals surface area contributed by atoms with Gasteiger partial charge in [-0.3, -0.25) is 0 Å². The molecule has 0 aliphatic rings. The fraction of sp³-hybridized carbons (Fsp3) is 0.294. The first-order valence-electron chi connectivity index (χ1n) is 6.87. The molecule has 2 aromatic carbocycles. The van der Waals surface area contributed by atoms with Crippen LogP contribution in [0.2, 0.25) is 0 Å². The number of rotatable bonds is 4. The molecule has 0 fully saturated rings. The lowest BCUT2D eigenvalue weighted by molar-refractivity contribution is 0.444. The van der Waals surface area contributed by atoms with Crippen molar-refractivity contribution < 1.29 is 13.2 Å². The molecular weight excluding hydrogens is 275 g/mol. The summed E-state index contributed by atoms with van der Waals surface area (Å²) in [6, 6.07) is 8.75. The van der Waals surface area contributed by atoms with E-state index in [1.165, 1.54) is 5.56 Å². The highest BCUT2D eigenvalue weighted by Crippen LogP contribution is 2.24. The van der Waals surface area contributed by atoms with Gasteiger partial charge in [-0.05, 0) is 41.2 Å². The maximum atomic E-state index is 13.3. The van der Waals surface area contributed by atoms with Gasteiger partial charge in [0.1, 0.15) is 0 Å². The smallest absolute Gasteiger partial charge is 0.194 e. The van der Waals surface area contributed by atoms with Gasteiger partial charge in [-0.2, -0.15) is 0 Å². The van der Waals surface area contributed by atoms with Crippen LogP contribution in [0.15, 0.2) is 36.4 Å². The van der Waals surface area contributed by atoms with Crippen LogP contribution in [0.3, 0.4) is 0 Å². The maximum absolute atomic E-state index is 13.3. The standard InChI is InChI=1S/C17H18F3N/c1-10(2)7-11-3-5-12(6-4-11)17(21)13-8-14(18)16(20)15(19)9-13/h3-6,8-10,17H,7,21H2,1-2H3. The second kappa shape index (κ2) is 6.31. The largest absolute Gasteiger partial charge is 0.320 e. The number of hydrogen-bond donors (Lipinski definition) is 1. The van der Waals surface area contributed by atoms with Crippen molar-refractivity contribution in [2.24, 2.45) is 11.7 Å². The van der Waals surface area contributed by atoms with E-state index in [0.717, 1.165) is 24.1 Å². The minimum Gasteiger partial charge on any atom is -0.320 e. The van der Waals surface area contributed by atoms with Crippen molar-refractivity contribution in [3.63, 3.8) is 0 Å². The van der Waals surface area contributed by atoms with Crippen LogP contribution in [0.4, 0.5) is 13.2 Å². The Balaban J connectivity index is 2.25. The summed E-state index contributed by atoms with van der Waals surface area (Å²) >= 11 is 0. The summed E-state index contributed by atoms with van der Waals surface area (Å²) in [5.74, 6) is -3.38. The zero-order valence-corrected chi connectivity index (χ0v) is 12.0. The zero-order chi connectivity index (χ0) is 15.6. The molecule has 2 N–H and O–H groups in total. The Morgan fingerprint density at radius 3 is 1.90 bits per heavy atom. The normalized spacial score (nSPS) is 12.7. The van der Waals surface area contributed by atoms with Crippen molar-refractivity contribution >= 4 is 0 Å². The molecule has 0 heterocycles. The monoisotopic (exact) mass is 293 g/mol. The van der Waals surface area contributed by atoms with Gasteiger partial charge in [0.2, 0.25) is 0 Å². The molecule has 0 aliphatic heterocycles. The van der Waals surface area contributed by atoms with Crippen molar-refractivity contribution in [1.82, 2.24) is 0 Å². The third kappa shape index (κ3) is 3.64. The molecule has 2 aromatic rings. The first-order valence-corrected chi connectivity index (χ1v) is 6.87. The molecule has 0 aromatic heterocycles. The van der Waals surface area contributed by atoms with Gasteiger partial charge in [0.25, 0.3) is 0 Å². The van der Waals surface area contributed by atoms with Crippen LogP contribution in [-0.4, -0.2) is 0 Å². The molecule has 2 rings (SSSR count). The van der Waals surface area contributed by atoms with Crippen LogP contribution in [0.25, 0.3) is 0 Å². The SMILES string of the molecule is CC(C)Cc1ccc(C(N)c2cc(F)c(F)c(F)c2)cc1. The van der Waals surface area contributed by atoms with E-state index in [1.807, 2.05) is 24.3 Å². The van der Waals surface area contributed by atoms with Gasteiger partial charge in [-0.1, -0.05) is 38.1 Å². The van der Waals surface area contributed by atoms with E-state index in [-0.39, 0.29) is 5.56 Å². The van der Waals surface area contributed by atoms with Crippen LogP contribution < -0.4 is 5.73 Å². The van der Waals surface area contributed by atoms with Gasteiger partial charge in [0.05, 0.1) is 6.04 Å². The topological polar surface area (TPSA) is 26.0 Å². The third-order valence-corrected chi connectivity index (χ3v) is 3.35. The molecule has 21 heavy (non-hydrogen) atoms. The fourth-order valence-electron chi connectivity index (χ4n) is 2.28. The van der Waals surface area contributed by atoms with Crippen molar-refractivity contribution in [3.05, 3.63) is 70.5 Å². The van der Waals surface area contributed by atoms with Crippen molar-refractivity contribution in [2.45, 2.75) is 26.3 Å². The molecular formula is C17H18F3N. The minimum atomic E-state index is -1.47. The van der Waals surface area contributed by atoms with E-state index in [0.29, 0.717) is 5.92 Å². The van der Waals surface area contributed by atoms with Gasteiger partial charge in [0.15, 0.2) is 17.5 Å². The lowest BCUT2D eigenvalue weighted by Gasteiger charge is -2.14. The second-order valence-corrected chi connectivity index (χ2v) is 5.62. The average Bonchev–Trinajstić information content (AvgIpc) is 2.43. The molecule has 0 aliphatic carbocycles. The summed E-state index contributed by atoms with van der Waals surface area (Å²) < 4.78 is 39.5. The lowest BCUT2D eigenvalue weighted by Crippen LogP contribution is -2.13. The fourth-order valence-corrected chi connectivity index (χ4v) is 2.28. The van der Waals surface area contributed by atoms with E-state index in [4.69, 9.17) is 5.73 Å². The molecule has 112 valence electrons. The van der Waals surface area contributed by atoms with Crippen molar-refractivity contribution in [1.29, 1.82) is 0 Å². The highest BCUT2D eigenvalue weighted by molar-refractivity contribution is 5.34. The highest BCUT2D eigenvalue weighted by atomic mass is 19.2. The first kappa shape index (κ1) is 15.6. The summed E-state index contributed by atoms with van der Waals surface area (Å²) in [4.78, 5) is 0. The molecule has 1 atom stereocenters. The predicted octanol–water partition coefficient (Wildman–Crippen LogP) is 4.35. The maximum Gasteiger partial charge on any atom is 0.194 e. The summed E-state index contributed by atoms with van der Waals surface area (Å²) in [7, 11) is 0. The van der Waals surface area contributed by atoms with Crippen LogP contribution in [0, 0.1) is 23.4 Å². The van der Waals surface area contributed by atoms with E-state index in [9.17, 15) is 13.2 Å². The van der Waals surface area contributed by atoms with Crippen LogP contribution in [0.1, 0.15) is 36.6 Å². The number of halogens is 3. The van der Waals surface area contributed by atoms with Gasteiger partial charge >= 0.3 is 0 Å². The van der Waals surface area contributed by atoms with E-state index in [1.54, 1.807) is 0 Å². The predicted molar refractivity (Wildman–Crippen MR) is 77.3 cm³/mol. The molecule has 0 spiro atoms. The Morgan fingerprint density at radius 1 is 0.905 bits per heavy atom. The Bertz CT molecular complexity index is 597. The quantitative estimate of drug-likeness (QED) is 0.833. The molecule has 1 nitrogen and oxygen atoms in total. The van der Waals surface area contributed by atoms with Gasteiger partial charge in [-0.25, -0.2) is 13.2 Å². The van der Waals surface area contributed by atoms with Crippen LogP contribution >= 0.6 is 0 Å². The van der Waals surface area contributed by atoms with Gasteiger partial charge in [-0.15, -0.1) is 0 Å². The number of nitrogens with two attached hydrogens (primary N) is 1. The average molecular weight is 293 g/mol. The first-order chi connectivity index (χ1) is 9.88. The molecule has 0 bridgehead atoms. The van der Waals surface area contributed by atoms with Crippen LogP contribution in [-0.2, 0) is 6.42 Å². The third-order valence-electron chi connectivity index (χ3n) is 3.35. The molecule has 0 saturated heterocycles. The summed E-state index contributed by atoms with van der Waals surface area (Å²) in [6.45, 7) is 4.26. The molecule has 4 heteroatoms. The van der Waals surface area contributed by atoms with Gasteiger partial charge < -0.3 is 5.73 Å². The van der Waals surface area contributed by atoms with Crippen LogP contribution in [0.5, 0.6) is 0 Å². The molecule has 0 amide bonds. The molecule has 0 saturated carbocycles. The Morgan fingerprint density at radius 2 is 1.43 bits per heavy atom. The van der Waals surface area contributed by atoms with E-state index >= 15 is 0 Å². The lowest BCUT2D eigenvalue weighted by atomic mass is 9.96. The highest BCUT2D eigenvalue weighted by Gasteiger charge is 2.16. The molecule has 0 radical (unpaired) electrons. The summed E-state index contributed by atoms with van der Waals surface area (Å²) in [5, 5.41) is 0. The zero-order valence-electron chi connectivity index (χ0n) is 12.0.